The van der Waals surface area contributed by atoms with Gasteiger partial charge in [0.05, 0.1) is 0 Å². The fraction of sp³-hybridized carbons (Fsp3) is 0.571. The Kier molecular flexibility index (Phi) is 3.83. The number of rotatable bonds is 3. The highest BCUT2D eigenvalue weighted by atomic mass is 15.2. The summed E-state index contributed by atoms with van der Waals surface area (Å²) in [5, 5.41) is 3.57. The number of unbranched alkanes of at least 4 members (excludes halogenated alkanes) is 1. The largest absolute Gasteiger partial charge is 0.370 e. The Morgan fingerprint density at radius 3 is 3.00 bits per heavy atom. The molecule has 0 amide bonds. The molecule has 1 atom stereocenters. The molecule has 2 rings (SSSR count). The lowest BCUT2D eigenvalue weighted by Gasteiger charge is -2.26. The highest BCUT2D eigenvalue weighted by molar-refractivity contribution is 5.54. The van der Waals surface area contributed by atoms with Crippen LogP contribution in [0.3, 0.4) is 0 Å². The Balaban J connectivity index is 2.20. The van der Waals surface area contributed by atoms with Gasteiger partial charge in [-0.25, -0.2) is 0 Å². The molecule has 0 saturated carbocycles. The van der Waals surface area contributed by atoms with E-state index < -0.39 is 0 Å². The molecule has 0 saturated heterocycles. The summed E-state index contributed by atoms with van der Waals surface area (Å²) in [4.78, 5) is 2.53. The van der Waals surface area contributed by atoms with Gasteiger partial charge in [0.1, 0.15) is 0 Å². The number of nitrogens with one attached hydrogen (secondary N) is 1. The van der Waals surface area contributed by atoms with Crippen molar-refractivity contribution in [2.45, 2.75) is 39.3 Å². The predicted molar refractivity (Wildman–Crippen MR) is 69.9 cm³/mol. The summed E-state index contributed by atoms with van der Waals surface area (Å²) in [5.74, 6) is 0. The Bertz CT molecular complexity index is 335. The summed E-state index contributed by atoms with van der Waals surface area (Å²) in [7, 11) is 0. The van der Waals surface area contributed by atoms with Crippen molar-refractivity contribution in [1.29, 1.82) is 0 Å². The molecular formula is C14H22N2. The van der Waals surface area contributed by atoms with Gasteiger partial charge in [-0.3, -0.25) is 0 Å². The van der Waals surface area contributed by atoms with Gasteiger partial charge in [-0.1, -0.05) is 31.5 Å². The minimum atomic E-state index is 0.573. The molecule has 88 valence electrons. The summed E-state index contributed by atoms with van der Waals surface area (Å²) in [6.45, 7) is 7.83. The molecule has 1 heterocycles. The van der Waals surface area contributed by atoms with Crippen molar-refractivity contribution < 1.29 is 0 Å². The maximum absolute atomic E-state index is 3.57. The van der Waals surface area contributed by atoms with Crippen LogP contribution >= 0.6 is 0 Å². The lowest BCUT2D eigenvalue weighted by atomic mass is 10.1. The molecule has 1 aliphatic heterocycles. The van der Waals surface area contributed by atoms with Crippen LogP contribution in [-0.2, 0) is 6.54 Å². The smallest absolute Gasteiger partial charge is 0.0412 e. The Morgan fingerprint density at radius 2 is 2.19 bits per heavy atom. The van der Waals surface area contributed by atoms with Crippen molar-refractivity contribution in [2.24, 2.45) is 0 Å². The van der Waals surface area contributed by atoms with Gasteiger partial charge >= 0.3 is 0 Å². The molecule has 16 heavy (non-hydrogen) atoms. The molecule has 0 aromatic heterocycles. The standard InChI is InChI=1S/C14H22N2/c1-3-4-9-16-11-12(2)15-10-13-7-5-6-8-14(13)16/h5-8,12,15H,3-4,9-11H2,1-2H3. The summed E-state index contributed by atoms with van der Waals surface area (Å²) in [6, 6.07) is 9.34. The summed E-state index contributed by atoms with van der Waals surface area (Å²) >= 11 is 0. The lowest BCUT2D eigenvalue weighted by Crippen LogP contribution is -2.36. The van der Waals surface area contributed by atoms with Crippen molar-refractivity contribution in [2.75, 3.05) is 18.0 Å². The normalized spacial score (nSPS) is 20.4. The quantitative estimate of drug-likeness (QED) is 0.839. The average Bonchev–Trinajstić information content (AvgIpc) is 2.47. The van der Waals surface area contributed by atoms with Gasteiger partial charge in [-0.2, -0.15) is 0 Å². The molecule has 1 aromatic rings. The van der Waals surface area contributed by atoms with E-state index in [4.69, 9.17) is 0 Å². The maximum Gasteiger partial charge on any atom is 0.0412 e. The minimum Gasteiger partial charge on any atom is -0.370 e. The van der Waals surface area contributed by atoms with E-state index in [2.05, 4.69) is 48.3 Å². The summed E-state index contributed by atoms with van der Waals surface area (Å²) in [5.41, 5.74) is 2.86. The summed E-state index contributed by atoms with van der Waals surface area (Å²) in [6.07, 6.45) is 2.54. The third-order valence-corrected chi connectivity index (χ3v) is 3.25. The Morgan fingerprint density at radius 1 is 1.38 bits per heavy atom. The van der Waals surface area contributed by atoms with E-state index in [1.807, 2.05) is 0 Å². The molecule has 2 nitrogen and oxygen atoms in total. The van der Waals surface area contributed by atoms with Crippen LogP contribution in [0.2, 0.25) is 0 Å². The second-order valence-electron chi connectivity index (χ2n) is 4.71. The molecule has 0 fully saturated rings. The Hall–Kier alpha value is -1.02. The Labute approximate surface area is 98.7 Å². The second kappa shape index (κ2) is 5.35. The predicted octanol–water partition coefficient (Wildman–Crippen LogP) is 2.78. The van der Waals surface area contributed by atoms with Crippen LogP contribution in [0.15, 0.2) is 24.3 Å². The van der Waals surface area contributed by atoms with Crippen molar-refractivity contribution in [3.8, 4) is 0 Å². The number of anilines is 1. The molecule has 1 aromatic carbocycles. The highest BCUT2D eigenvalue weighted by Gasteiger charge is 2.17. The van der Waals surface area contributed by atoms with Gasteiger partial charge in [0.25, 0.3) is 0 Å². The molecular weight excluding hydrogens is 196 g/mol. The van der Waals surface area contributed by atoms with E-state index in [-0.39, 0.29) is 0 Å². The molecule has 1 unspecified atom stereocenters. The van der Waals surface area contributed by atoms with Crippen LogP contribution in [0.1, 0.15) is 32.3 Å². The third kappa shape index (κ3) is 2.56. The first kappa shape index (κ1) is 11.5. The number of hydrogen-bond donors (Lipinski definition) is 1. The first-order chi connectivity index (χ1) is 7.81. The van der Waals surface area contributed by atoms with Gasteiger partial charge in [0.15, 0.2) is 0 Å². The van der Waals surface area contributed by atoms with E-state index >= 15 is 0 Å². The maximum atomic E-state index is 3.57. The van der Waals surface area contributed by atoms with Crippen molar-refractivity contribution >= 4 is 5.69 Å². The summed E-state index contributed by atoms with van der Waals surface area (Å²) < 4.78 is 0. The number of para-hydroxylation sites is 1. The van der Waals surface area contributed by atoms with Gasteiger partial charge in [0.2, 0.25) is 0 Å². The van der Waals surface area contributed by atoms with Gasteiger partial charge < -0.3 is 10.2 Å². The van der Waals surface area contributed by atoms with Crippen molar-refractivity contribution in [3.05, 3.63) is 29.8 Å². The SMILES string of the molecule is CCCCN1CC(C)NCc2ccccc21. The number of benzene rings is 1. The van der Waals surface area contributed by atoms with E-state index in [9.17, 15) is 0 Å². The zero-order chi connectivity index (χ0) is 11.4. The van der Waals surface area contributed by atoms with E-state index in [0.717, 1.165) is 13.1 Å². The van der Waals surface area contributed by atoms with Gasteiger partial charge in [0, 0.05) is 31.4 Å². The second-order valence-corrected chi connectivity index (χ2v) is 4.71. The average molecular weight is 218 g/mol. The molecule has 2 heteroatoms. The first-order valence-corrected chi connectivity index (χ1v) is 6.37. The minimum absolute atomic E-state index is 0.573. The first-order valence-electron chi connectivity index (χ1n) is 6.37. The van der Waals surface area contributed by atoms with Crippen LogP contribution in [0, 0.1) is 0 Å². The zero-order valence-electron chi connectivity index (χ0n) is 10.4. The molecule has 0 radical (unpaired) electrons. The molecule has 0 bridgehead atoms. The van der Waals surface area contributed by atoms with E-state index in [1.165, 1.54) is 30.6 Å². The third-order valence-electron chi connectivity index (χ3n) is 3.25. The van der Waals surface area contributed by atoms with Crippen molar-refractivity contribution in [1.82, 2.24) is 5.32 Å². The van der Waals surface area contributed by atoms with E-state index in [1.54, 1.807) is 0 Å². The van der Waals surface area contributed by atoms with Gasteiger partial charge in [-0.05, 0) is 25.0 Å². The fourth-order valence-corrected chi connectivity index (χ4v) is 2.31. The number of nitrogens with zero attached hydrogens (tertiary/aromatic N) is 1. The zero-order valence-corrected chi connectivity index (χ0v) is 10.4. The van der Waals surface area contributed by atoms with Crippen LogP contribution in [0.5, 0.6) is 0 Å². The molecule has 1 aliphatic rings. The van der Waals surface area contributed by atoms with Crippen LogP contribution in [0.25, 0.3) is 0 Å². The fourth-order valence-electron chi connectivity index (χ4n) is 2.31. The number of hydrogen-bond acceptors (Lipinski definition) is 2. The van der Waals surface area contributed by atoms with Crippen LogP contribution in [-0.4, -0.2) is 19.1 Å². The monoisotopic (exact) mass is 218 g/mol. The van der Waals surface area contributed by atoms with Crippen LogP contribution in [0.4, 0.5) is 5.69 Å². The molecule has 0 aliphatic carbocycles. The van der Waals surface area contributed by atoms with Crippen LogP contribution < -0.4 is 10.2 Å². The number of fused-ring (bicyclic) bond motifs is 1. The lowest BCUT2D eigenvalue weighted by molar-refractivity contribution is 0.549. The van der Waals surface area contributed by atoms with E-state index in [0.29, 0.717) is 6.04 Å². The van der Waals surface area contributed by atoms with Gasteiger partial charge in [-0.15, -0.1) is 0 Å². The van der Waals surface area contributed by atoms with Crippen molar-refractivity contribution in [3.63, 3.8) is 0 Å². The highest BCUT2D eigenvalue weighted by Crippen LogP contribution is 2.23. The molecule has 1 N–H and O–H groups in total. The molecule has 0 spiro atoms. The topological polar surface area (TPSA) is 15.3 Å².